The summed E-state index contributed by atoms with van der Waals surface area (Å²) in [6, 6.07) is 0. The van der Waals surface area contributed by atoms with Gasteiger partial charge in [-0.2, -0.15) is 0 Å². The molecule has 5 fully saturated rings. The first-order chi connectivity index (χ1) is 20.9. The first kappa shape index (κ1) is 35.4. The fourth-order valence-corrected chi connectivity index (χ4v) is 10.6. The first-order valence-corrected chi connectivity index (χ1v) is 17.1. The van der Waals surface area contributed by atoms with Gasteiger partial charge >= 0.3 is 0 Å². The van der Waals surface area contributed by atoms with Crippen molar-refractivity contribution in [2.45, 2.75) is 142 Å². The second-order valence-corrected chi connectivity index (χ2v) is 16.8. The number of carbonyl (C=O) groups is 1. The van der Waals surface area contributed by atoms with Crippen LogP contribution in [0.2, 0.25) is 0 Å². The number of hydrogen-bond donors (Lipinski definition) is 7. The number of ether oxygens (including phenoxy) is 2. The van der Waals surface area contributed by atoms with Crippen LogP contribution in [0.15, 0.2) is 12.2 Å². The summed E-state index contributed by atoms with van der Waals surface area (Å²) in [5, 5.41) is 74.2. The Balaban J connectivity index is 1.38. The van der Waals surface area contributed by atoms with Gasteiger partial charge in [-0.1, -0.05) is 48.1 Å². The Morgan fingerprint density at radius 2 is 1.64 bits per heavy atom. The topological polar surface area (TPSA) is 177 Å². The van der Waals surface area contributed by atoms with Gasteiger partial charge in [0.05, 0.1) is 24.9 Å². The Morgan fingerprint density at radius 3 is 2.27 bits per heavy atom. The summed E-state index contributed by atoms with van der Waals surface area (Å²) in [6.07, 6.45) is -5.95. The largest absolute Gasteiger partial charge is 0.394 e. The molecule has 0 amide bonds. The van der Waals surface area contributed by atoms with Crippen molar-refractivity contribution in [1.82, 2.24) is 0 Å². The molecule has 1 aliphatic heterocycles. The van der Waals surface area contributed by atoms with Crippen molar-refractivity contribution in [3.63, 3.8) is 0 Å². The Labute approximate surface area is 267 Å². The molecule has 1 saturated heterocycles. The number of fused-ring (bicyclic) bond motifs is 5. The van der Waals surface area contributed by atoms with E-state index in [1.54, 1.807) is 0 Å². The molecule has 0 aromatic carbocycles. The molecular weight excluding hydrogens is 580 g/mol. The molecule has 4 aliphatic carbocycles. The molecule has 45 heavy (non-hydrogen) atoms. The van der Waals surface area contributed by atoms with Crippen molar-refractivity contribution in [3.05, 3.63) is 12.2 Å². The lowest BCUT2D eigenvalue weighted by Gasteiger charge is -2.61. The lowest BCUT2D eigenvalue weighted by molar-refractivity contribution is -0.316. The van der Waals surface area contributed by atoms with Crippen molar-refractivity contribution >= 4 is 5.78 Å². The standard InChI is InChI=1S/C35H58O10/c1-16(27(40)31(17(2)33(3,4)5)45-32-30(43)29(42)28(41)26(15-36)44-32)19-8-9-20-18-12-23(37)22-13-24(38)25(39)14-35(22,7)21(18)10-11-34(19,20)6/h16,18-22,24-32,36,38-43H,2,8-15H2,1,3-7H3/t16-,18?,19+,20?,21?,22?,24-,25-,26+,27+,28+,29-,30+,31+,32-,34+,35+/m0/s1. The summed E-state index contributed by atoms with van der Waals surface area (Å²) in [6.45, 7) is 16.1. The SMILES string of the molecule is C=C([C@@H](O[C@@H]1O[C@H](CO)[C@@H](O)[C@H](O)[C@H]1O)[C@H](O)[C@@H](C)[C@H]1CCC2C3CC(=O)C4C[C@H](O)[C@@H](O)C[C@]4(C)C3CC[C@@]21C)C(C)(C)C. The lowest BCUT2D eigenvalue weighted by atomic mass is 9.44. The number of aliphatic hydroxyl groups excluding tert-OH is 7. The average Bonchev–Trinajstić information content (AvgIpc) is 3.33. The van der Waals surface area contributed by atoms with E-state index in [0.717, 1.165) is 25.7 Å². The Bertz CT molecular complexity index is 1100. The van der Waals surface area contributed by atoms with Gasteiger partial charge in [-0.25, -0.2) is 0 Å². The number of rotatable bonds is 7. The summed E-state index contributed by atoms with van der Waals surface area (Å²) < 4.78 is 11.9. The van der Waals surface area contributed by atoms with Crippen LogP contribution in [0.25, 0.3) is 0 Å². The summed E-state index contributed by atoms with van der Waals surface area (Å²) in [4.78, 5) is 13.6. The molecule has 0 aromatic rings. The van der Waals surface area contributed by atoms with Gasteiger partial charge in [0.2, 0.25) is 0 Å². The monoisotopic (exact) mass is 638 g/mol. The van der Waals surface area contributed by atoms with Crippen molar-refractivity contribution in [2.24, 2.45) is 51.8 Å². The van der Waals surface area contributed by atoms with Gasteiger partial charge in [-0.3, -0.25) is 4.79 Å². The van der Waals surface area contributed by atoms with E-state index in [0.29, 0.717) is 30.8 Å². The van der Waals surface area contributed by atoms with Crippen LogP contribution in [-0.2, 0) is 14.3 Å². The van der Waals surface area contributed by atoms with E-state index in [1.165, 1.54) is 0 Å². The predicted octanol–water partition coefficient (Wildman–Crippen LogP) is 1.94. The van der Waals surface area contributed by atoms with E-state index in [2.05, 4.69) is 20.4 Å². The van der Waals surface area contributed by atoms with Crippen LogP contribution in [0.3, 0.4) is 0 Å². The van der Waals surface area contributed by atoms with Gasteiger partial charge in [0, 0.05) is 12.3 Å². The quantitative estimate of drug-likeness (QED) is 0.204. The molecule has 10 heteroatoms. The third kappa shape index (κ3) is 5.88. The van der Waals surface area contributed by atoms with E-state index in [1.807, 2.05) is 27.7 Å². The minimum Gasteiger partial charge on any atom is -0.394 e. The minimum atomic E-state index is -1.60. The minimum absolute atomic E-state index is 0.117. The van der Waals surface area contributed by atoms with Crippen LogP contribution in [0.4, 0.5) is 0 Å². The van der Waals surface area contributed by atoms with Crippen molar-refractivity contribution in [1.29, 1.82) is 0 Å². The van der Waals surface area contributed by atoms with E-state index in [-0.39, 0.29) is 46.2 Å². The van der Waals surface area contributed by atoms with Gasteiger partial charge in [0.1, 0.15) is 36.3 Å². The number of Topliss-reactive ketones (excluding diaryl/α,β-unsaturated/α-hetero) is 1. The van der Waals surface area contributed by atoms with Crippen LogP contribution in [0.5, 0.6) is 0 Å². The van der Waals surface area contributed by atoms with Crippen LogP contribution in [0, 0.1) is 51.8 Å². The average molecular weight is 639 g/mol. The fourth-order valence-electron chi connectivity index (χ4n) is 10.6. The highest BCUT2D eigenvalue weighted by molar-refractivity contribution is 5.83. The predicted molar refractivity (Wildman–Crippen MR) is 165 cm³/mol. The lowest BCUT2D eigenvalue weighted by Crippen LogP contribution is -2.61. The zero-order valence-electron chi connectivity index (χ0n) is 27.9. The molecule has 0 radical (unpaired) electrons. The molecule has 258 valence electrons. The number of ketones is 1. The summed E-state index contributed by atoms with van der Waals surface area (Å²) in [7, 11) is 0. The molecule has 7 N–H and O–H groups in total. The number of carbonyl (C=O) groups excluding carboxylic acids is 1. The van der Waals surface area contributed by atoms with Gasteiger partial charge in [-0.15, -0.1) is 0 Å². The normalized spacial score (nSPS) is 49.0. The molecule has 0 aromatic heterocycles. The molecule has 5 aliphatic rings. The van der Waals surface area contributed by atoms with Crippen molar-refractivity contribution in [3.8, 4) is 0 Å². The second-order valence-electron chi connectivity index (χ2n) is 16.8. The van der Waals surface area contributed by atoms with Crippen LogP contribution >= 0.6 is 0 Å². The van der Waals surface area contributed by atoms with Gasteiger partial charge in [-0.05, 0) is 89.9 Å². The molecule has 4 unspecified atom stereocenters. The smallest absolute Gasteiger partial charge is 0.187 e. The first-order valence-electron chi connectivity index (χ1n) is 17.1. The Kier molecular flexibility index (Phi) is 9.82. The molecule has 4 saturated carbocycles. The van der Waals surface area contributed by atoms with Crippen molar-refractivity contribution < 1.29 is 50.0 Å². The zero-order chi connectivity index (χ0) is 33.4. The molecule has 17 atom stereocenters. The van der Waals surface area contributed by atoms with Crippen LogP contribution < -0.4 is 0 Å². The maximum atomic E-state index is 13.6. The maximum absolute atomic E-state index is 13.6. The summed E-state index contributed by atoms with van der Waals surface area (Å²) in [5.74, 6) is 0.633. The number of aliphatic hydroxyl groups is 7. The summed E-state index contributed by atoms with van der Waals surface area (Å²) >= 11 is 0. The molecule has 5 rings (SSSR count). The second kappa shape index (κ2) is 12.5. The van der Waals surface area contributed by atoms with E-state index < -0.39 is 67.1 Å². The maximum Gasteiger partial charge on any atom is 0.187 e. The molecule has 1 heterocycles. The van der Waals surface area contributed by atoms with E-state index >= 15 is 0 Å². The molecule has 0 bridgehead atoms. The Morgan fingerprint density at radius 1 is 1.00 bits per heavy atom. The highest BCUT2D eigenvalue weighted by Gasteiger charge is 2.64. The van der Waals surface area contributed by atoms with E-state index in [9.17, 15) is 40.5 Å². The van der Waals surface area contributed by atoms with Crippen molar-refractivity contribution in [2.75, 3.05) is 6.61 Å². The van der Waals surface area contributed by atoms with E-state index in [4.69, 9.17) is 9.47 Å². The third-order valence-electron chi connectivity index (χ3n) is 13.5. The summed E-state index contributed by atoms with van der Waals surface area (Å²) in [5.41, 5.74) is -0.351. The van der Waals surface area contributed by atoms with Gasteiger partial charge in [0.15, 0.2) is 6.29 Å². The number of hydrogen-bond acceptors (Lipinski definition) is 10. The zero-order valence-corrected chi connectivity index (χ0v) is 27.9. The van der Waals surface area contributed by atoms with Crippen LogP contribution in [0.1, 0.15) is 86.5 Å². The van der Waals surface area contributed by atoms with Gasteiger partial charge in [0.25, 0.3) is 0 Å². The molecule has 0 spiro atoms. The highest BCUT2D eigenvalue weighted by Crippen LogP contribution is 2.68. The Hall–Kier alpha value is -0.950. The highest BCUT2D eigenvalue weighted by atomic mass is 16.7. The molecule has 10 nitrogen and oxygen atoms in total. The van der Waals surface area contributed by atoms with Crippen LogP contribution in [-0.4, -0.2) is 103 Å². The molecular formula is C35H58O10. The fraction of sp³-hybridized carbons (Fsp3) is 0.914. The third-order valence-corrected chi connectivity index (χ3v) is 13.5. The van der Waals surface area contributed by atoms with Gasteiger partial charge < -0.3 is 45.2 Å².